The molecule has 1 N–H and O–H groups in total. The smallest absolute Gasteiger partial charge is 0.247 e. The van der Waals surface area contributed by atoms with Gasteiger partial charge in [-0.2, -0.15) is 4.80 Å². The maximum atomic E-state index is 12.7. The van der Waals surface area contributed by atoms with Gasteiger partial charge < -0.3 is 9.73 Å². The highest BCUT2D eigenvalue weighted by atomic mass is 35.5. The Balaban J connectivity index is 1.74. The molecule has 1 amide bonds. The largest absolute Gasteiger partial charge is 0.464 e. The Kier molecular flexibility index (Phi) is 5.37. The first-order valence-electron chi connectivity index (χ1n) is 8.40. The number of rotatable bonds is 6. The van der Waals surface area contributed by atoms with Crippen LogP contribution in [0.5, 0.6) is 0 Å². The quantitative estimate of drug-likeness (QED) is 0.711. The van der Waals surface area contributed by atoms with E-state index in [-0.39, 0.29) is 11.9 Å². The fourth-order valence-electron chi connectivity index (χ4n) is 2.59. The van der Waals surface area contributed by atoms with Crippen LogP contribution in [0.25, 0.3) is 11.4 Å². The topological polar surface area (TPSA) is 85.8 Å². The monoisotopic (exact) mass is 373 g/mol. The van der Waals surface area contributed by atoms with Gasteiger partial charge in [0.1, 0.15) is 11.5 Å². The van der Waals surface area contributed by atoms with Gasteiger partial charge >= 0.3 is 0 Å². The molecular formula is C18H20ClN5O2. The second-order valence-electron chi connectivity index (χ2n) is 6.04. The molecule has 0 saturated heterocycles. The van der Waals surface area contributed by atoms with Crippen LogP contribution < -0.4 is 5.32 Å². The molecule has 0 aliphatic heterocycles. The first-order valence-corrected chi connectivity index (χ1v) is 8.78. The SMILES string of the molecule is CCC(C(=O)NC(C)c1ccc(C)o1)n1nnc(-c2ccc(Cl)cc2)n1. The molecule has 2 atom stereocenters. The molecule has 0 spiro atoms. The van der Waals surface area contributed by atoms with Crippen LogP contribution in [0.2, 0.25) is 5.02 Å². The molecular weight excluding hydrogens is 354 g/mol. The molecule has 3 aromatic rings. The summed E-state index contributed by atoms with van der Waals surface area (Å²) in [7, 11) is 0. The number of halogens is 1. The predicted octanol–water partition coefficient (Wildman–Crippen LogP) is 3.72. The number of carbonyl (C=O) groups is 1. The summed E-state index contributed by atoms with van der Waals surface area (Å²) in [4.78, 5) is 14.0. The maximum Gasteiger partial charge on any atom is 0.247 e. The minimum absolute atomic E-state index is 0.186. The summed E-state index contributed by atoms with van der Waals surface area (Å²) in [6.07, 6.45) is 0.534. The lowest BCUT2D eigenvalue weighted by molar-refractivity contribution is -0.125. The number of nitrogens with zero attached hydrogens (tertiary/aromatic N) is 4. The number of hydrogen-bond acceptors (Lipinski definition) is 5. The van der Waals surface area contributed by atoms with Gasteiger partial charge in [0.05, 0.1) is 6.04 Å². The third-order valence-corrected chi connectivity index (χ3v) is 4.30. The normalized spacial score (nSPS) is 13.4. The summed E-state index contributed by atoms with van der Waals surface area (Å²) in [5, 5.41) is 16.0. The first kappa shape index (κ1) is 18.1. The van der Waals surface area contributed by atoms with E-state index in [1.807, 2.05) is 45.0 Å². The van der Waals surface area contributed by atoms with Crippen LogP contribution in [0, 0.1) is 6.92 Å². The highest BCUT2D eigenvalue weighted by molar-refractivity contribution is 6.30. The number of furan rings is 1. The molecule has 0 bridgehead atoms. The highest BCUT2D eigenvalue weighted by Crippen LogP contribution is 2.20. The number of amides is 1. The predicted molar refractivity (Wildman–Crippen MR) is 97.6 cm³/mol. The summed E-state index contributed by atoms with van der Waals surface area (Å²) in [6, 6.07) is 10.1. The van der Waals surface area contributed by atoms with Gasteiger partial charge in [-0.3, -0.25) is 4.79 Å². The average Bonchev–Trinajstić information content (AvgIpc) is 3.26. The van der Waals surface area contributed by atoms with Gasteiger partial charge in [0.2, 0.25) is 11.7 Å². The van der Waals surface area contributed by atoms with Crippen LogP contribution in [0.4, 0.5) is 0 Å². The third kappa shape index (κ3) is 3.94. The van der Waals surface area contributed by atoms with E-state index >= 15 is 0 Å². The van der Waals surface area contributed by atoms with E-state index in [0.29, 0.717) is 23.0 Å². The van der Waals surface area contributed by atoms with Crippen LogP contribution in [0.3, 0.4) is 0 Å². The maximum absolute atomic E-state index is 12.7. The Morgan fingerprint density at radius 2 is 2.00 bits per heavy atom. The van der Waals surface area contributed by atoms with Gasteiger partial charge in [-0.25, -0.2) is 0 Å². The first-order chi connectivity index (χ1) is 12.5. The van der Waals surface area contributed by atoms with Crippen molar-refractivity contribution in [2.45, 2.75) is 39.3 Å². The molecule has 0 radical (unpaired) electrons. The fraction of sp³-hybridized carbons (Fsp3) is 0.333. The Morgan fingerprint density at radius 1 is 1.27 bits per heavy atom. The lowest BCUT2D eigenvalue weighted by atomic mass is 10.2. The molecule has 0 fully saturated rings. The number of benzene rings is 1. The molecule has 26 heavy (non-hydrogen) atoms. The minimum atomic E-state index is -0.554. The lowest BCUT2D eigenvalue weighted by Gasteiger charge is -2.17. The standard InChI is InChI=1S/C18H20ClN5O2/c1-4-15(18(25)20-12(3)16-10-5-11(2)26-16)24-22-17(21-23-24)13-6-8-14(19)9-7-13/h5-10,12,15H,4H2,1-3H3,(H,20,25). The van der Waals surface area contributed by atoms with Crippen LogP contribution in [0.1, 0.15) is 43.9 Å². The summed E-state index contributed by atoms with van der Waals surface area (Å²) < 4.78 is 5.56. The number of tetrazole rings is 1. The van der Waals surface area contributed by atoms with Crippen molar-refractivity contribution in [2.75, 3.05) is 0 Å². The fourth-order valence-corrected chi connectivity index (χ4v) is 2.72. The van der Waals surface area contributed by atoms with Crippen molar-refractivity contribution >= 4 is 17.5 Å². The number of nitrogens with one attached hydrogen (secondary N) is 1. The molecule has 2 unspecified atom stereocenters. The Bertz CT molecular complexity index is 887. The highest BCUT2D eigenvalue weighted by Gasteiger charge is 2.24. The van der Waals surface area contributed by atoms with Gasteiger partial charge in [-0.05, 0) is 61.9 Å². The molecule has 0 aliphatic rings. The molecule has 3 rings (SSSR count). The van der Waals surface area contributed by atoms with Gasteiger partial charge in [-0.1, -0.05) is 18.5 Å². The van der Waals surface area contributed by atoms with Crippen molar-refractivity contribution in [3.8, 4) is 11.4 Å². The van der Waals surface area contributed by atoms with E-state index in [1.54, 1.807) is 12.1 Å². The zero-order chi connectivity index (χ0) is 18.7. The van der Waals surface area contributed by atoms with E-state index < -0.39 is 6.04 Å². The van der Waals surface area contributed by atoms with Crippen LogP contribution in [-0.4, -0.2) is 26.1 Å². The molecule has 0 aliphatic carbocycles. The molecule has 2 heterocycles. The lowest BCUT2D eigenvalue weighted by Crippen LogP contribution is -2.35. The van der Waals surface area contributed by atoms with Crippen molar-refractivity contribution in [3.63, 3.8) is 0 Å². The van der Waals surface area contributed by atoms with Gasteiger partial charge in [0.15, 0.2) is 6.04 Å². The van der Waals surface area contributed by atoms with Crippen LogP contribution >= 0.6 is 11.6 Å². The molecule has 2 aromatic heterocycles. The number of hydrogen-bond donors (Lipinski definition) is 1. The van der Waals surface area contributed by atoms with Crippen molar-refractivity contribution in [1.82, 2.24) is 25.5 Å². The van der Waals surface area contributed by atoms with E-state index in [2.05, 4.69) is 20.7 Å². The Morgan fingerprint density at radius 3 is 2.62 bits per heavy atom. The van der Waals surface area contributed by atoms with E-state index in [9.17, 15) is 4.79 Å². The van der Waals surface area contributed by atoms with Crippen LogP contribution in [-0.2, 0) is 4.79 Å². The van der Waals surface area contributed by atoms with Crippen molar-refractivity contribution in [1.29, 1.82) is 0 Å². The second kappa shape index (κ2) is 7.70. The van der Waals surface area contributed by atoms with E-state index in [0.717, 1.165) is 11.3 Å². The Hall–Kier alpha value is -2.67. The molecule has 0 saturated carbocycles. The second-order valence-corrected chi connectivity index (χ2v) is 6.48. The van der Waals surface area contributed by atoms with Crippen LogP contribution in [0.15, 0.2) is 40.8 Å². The average molecular weight is 374 g/mol. The van der Waals surface area contributed by atoms with Crippen molar-refractivity contribution < 1.29 is 9.21 Å². The summed E-state index contributed by atoms with van der Waals surface area (Å²) in [5.41, 5.74) is 0.787. The van der Waals surface area contributed by atoms with Crippen molar-refractivity contribution in [3.05, 3.63) is 52.9 Å². The number of aromatic nitrogens is 4. The zero-order valence-corrected chi connectivity index (χ0v) is 15.6. The van der Waals surface area contributed by atoms with E-state index in [4.69, 9.17) is 16.0 Å². The Labute approximate surface area is 156 Å². The van der Waals surface area contributed by atoms with Gasteiger partial charge in [-0.15, -0.1) is 10.2 Å². The molecule has 136 valence electrons. The summed E-state index contributed by atoms with van der Waals surface area (Å²) >= 11 is 5.90. The zero-order valence-electron chi connectivity index (χ0n) is 14.8. The summed E-state index contributed by atoms with van der Waals surface area (Å²) in [6.45, 7) is 5.64. The summed E-state index contributed by atoms with van der Waals surface area (Å²) in [5.74, 6) is 1.77. The number of aryl methyl sites for hydroxylation is 1. The molecule has 1 aromatic carbocycles. The number of carbonyl (C=O) groups excluding carboxylic acids is 1. The van der Waals surface area contributed by atoms with Gasteiger partial charge in [0.25, 0.3) is 0 Å². The van der Waals surface area contributed by atoms with E-state index in [1.165, 1.54) is 4.80 Å². The minimum Gasteiger partial charge on any atom is -0.464 e. The van der Waals surface area contributed by atoms with Gasteiger partial charge in [0, 0.05) is 10.6 Å². The molecule has 8 heteroatoms. The third-order valence-electron chi connectivity index (χ3n) is 4.05. The van der Waals surface area contributed by atoms with Crippen molar-refractivity contribution in [2.24, 2.45) is 0 Å². The molecule has 7 nitrogen and oxygen atoms in total.